The molecule has 0 bridgehead atoms. The number of carbonyl (C=O) groups excluding carboxylic acids is 2. The van der Waals surface area contributed by atoms with Crippen molar-refractivity contribution in [2.45, 2.75) is 6.54 Å². The maximum absolute atomic E-state index is 13.7. The van der Waals surface area contributed by atoms with Gasteiger partial charge in [0, 0.05) is 10.0 Å². The molecule has 2 aromatic rings. The second kappa shape index (κ2) is 6.34. The van der Waals surface area contributed by atoms with Gasteiger partial charge in [-0.05, 0) is 29.8 Å². The minimum Gasteiger partial charge on any atom is -0.303 e. The first kappa shape index (κ1) is 15.4. The lowest BCUT2D eigenvalue weighted by Crippen LogP contribution is -2.30. The van der Waals surface area contributed by atoms with E-state index in [-0.39, 0.29) is 17.8 Å². The summed E-state index contributed by atoms with van der Waals surface area (Å²) in [6.45, 7) is 0.159. The van der Waals surface area contributed by atoms with Crippen molar-refractivity contribution in [2.75, 3.05) is 0 Å². The summed E-state index contributed by atoms with van der Waals surface area (Å²) in [5.41, 5.74) is 1.14. The molecule has 1 aliphatic heterocycles. The van der Waals surface area contributed by atoms with Crippen LogP contribution in [0.2, 0.25) is 0 Å². The average Bonchev–Trinajstić information content (AvgIpc) is 2.79. The van der Waals surface area contributed by atoms with Crippen molar-refractivity contribution in [2.24, 2.45) is 0 Å². The molecule has 116 valence electrons. The predicted octanol–water partition coefficient (Wildman–Crippen LogP) is 3.68. The molecular weight excluding hydrogens is 363 g/mol. The third kappa shape index (κ3) is 3.32. The van der Waals surface area contributed by atoms with E-state index in [2.05, 4.69) is 21.2 Å². The number of carbonyl (C=O) groups is 2. The Balaban J connectivity index is 1.82. The molecule has 3 rings (SSSR count). The fourth-order valence-corrected chi connectivity index (χ4v) is 2.50. The summed E-state index contributed by atoms with van der Waals surface area (Å²) in [5.74, 6) is -0.922. The summed E-state index contributed by atoms with van der Waals surface area (Å²) in [5, 5.41) is 2.48. The molecule has 3 amide bonds. The van der Waals surface area contributed by atoms with Crippen LogP contribution in [0, 0.1) is 5.82 Å². The van der Waals surface area contributed by atoms with Crippen LogP contribution in [0.5, 0.6) is 0 Å². The van der Waals surface area contributed by atoms with Crippen molar-refractivity contribution < 1.29 is 14.0 Å². The van der Waals surface area contributed by atoms with Gasteiger partial charge in [-0.15, -0.1) is 0 Å². The molecule has 0 atom stereocenters. The molecule has 0 radical (unpaired) electrons. The van der Waals surface area contributed by atoms with Crippen molar-refractivity contribution in [1.82, 2.24) is 10.2 Å². The molecule has 2 aromatic carbocycles. The number of urea groups is 1. The lowest BCUT2D eigenvalue weighted by atomic mass is 10.1. The van der Waals surface area contributed by atoms with E-state index in [0.29, 0.717) is 0 Å². The molecule has 4 nitrogen and oxygen atoms in total. The van der Waals surface area contributed by atoms with Crippen molar-refractivity contribution in [3.05, 3.63) is 75.6 Å². The highest BCUT2D eigenvalue weighted by atomic mass is 79.9. The van der Waals surface area contributed by atoms with Crippen molar-refractivity contribution >= 4 is 33.9 Å². The van der Waals surface area contributed by atoms with Gasteiger partial charge in [0.25, 0.3) is 5.91 Å². The van der Waals surface area contributed by atoms with E-state index >= 15 is 0 Å². The number of hydrogen-bond donors (Lipinski definition) is 1. The first-order chi connectivity index (χ1) is 11.0. The van der Waals surface area contributed by atoms with Crippen LogP contribution in [-0.4, -0.2) is 16.8 Å². The lowest BCUT2D eigenvalue weighted by Gasteiger charge is -2.11. The summed E-state index contributed by atoms with van der Waals surface area (Å²) < 4.78 is 14.6. The van der Waals surface area contributed by atoms with E-state index in [9.17, 15) is 14.0 Å². The molecule has 1 fully saturated rings. The van der Waals surface area contributed by atoms with E-state index in [1.165, 1.54) is 12.1 Å². The summed E-state index contributed by atoms with van der Waals surface area (Å²) in [6, 6.07) is 12.9. The zero-order chi connectivity index (χ0) is 16.4. The van der Waals surface area contributed by atoms with Crippen LogP contribution < -0.4 is 5.32 Å². The number of halogens is 2. The summed E-state index contributed by atoms with van der Waals surface area (Å²) >= 11 is 3.33. The quantitative estimate of drug-likeness (QED) is 0.657. The van der Waals surface area contributed by atoms with Crippen LogP contribution >= 0.6 is 15.9 Å². The molecule has 1 heterocycles. The Morgan fingerprint density at radius 3 is 2.48 bits per heavy atom. The predicted molar refractivity (Wildman–Crippen MR) is 87.6 cm³/mol. The molecule has 0 aromatic heterocycles. The second-order valence-corrected chi connectivity index (χ2v) is 5.94. The van der Waals surface area contributed by atoms with Gasteiger partial charge in [-0.1, -0.05) is 46.3 Å². The van der Waals surface area contributed by atoms with E-state index < -0.39 is 17.8 Å². The third-order valence-electron chi connectivity index (χ3n) is 3.42. The molecule has 0 aliphatic carbocycles. The summed E-state index contributed by atoms with van der Waals surface area (Å²) in [6.07, 6.45) is 1.34. The minimum absolute atomic E-state index is 0.0669. The Bertz CT molecular complexity index is 802. The molecule has 0 saturated carbocycles. The first-order valence-electron chi connectivity index (χ1n) is 6.88. The van der Waals surface area contributed by atoms with Crippen LogP contribution in [0.4, 0.5) is 9.18 Å². The molecule has 1 saturated heterocycles. The number of nitrogens with zero attached hydrogens (tertiary/aromatic N) is 1. The minimum atomic E-state index is -0.513. The molecule has 0 spiro atoms. The van der Waals surface area contributed by atoms with Gasteiger partial charge in [0.1, 0.15) is 11.5 Å². The zero-order valence-electron chi connectivity index (χ0n) is 11.9. The van der Waals surface area contributed by atoms with E-state index in [1.54, 1.807) is 18.2 Å². The van der Waals surface area contributed by atoms with Crippen LogP contribution in [0.3, 0.4) is 0 Å². The van der Waals surface area contributed by atoms with E-state index in [1.807, 2.05) is 24.3 Å². The van der Waals surface area contributed by atoms with Gasteiger partial charge in [-0.2, -0.15) is 0 Å². The fourth-order valence-electron chi connectivity index (χ4n) is 2.24. The Morgan fingerprint density at radius 2 is 1.78 bits per heavy atom. The Hall–Kier alpha value is -2.47. The number of nitrogens with one attached hydrogen (secondary N) is 1. The molecular formula is C17H12BrFN2O2. The van der Waals surface area contributed by atoms with Gasteiger partial charge < -0.3 is 5.32 Å². The molecule has 1 aliphatic rings. The standard InChI is InChI=1S/C17H12BrFN2O2/c18-13-7-5-11(6-8-13)10-21-16(22)15(20-17(21)23)9-12-3-1-2-4-14(12)19/h1-9H,10H2,(H,20,23). The Morgan fingerprint density at radius 1 is 1.09 bits per heavy atom. The Labute approximate surface area is 140 Å². The monoisotopic (exact) mass is 374 g/mol. The second-order valence-electron chi connectivity index (χ2n) is 5.03. The average molecular weight is 375 g/mol. The summed E-state index contributed by atoms with van der Waals surface area (Å²) in [4.78, 5) is 25.4. The van der Waals surface area contributed by atoms with E-state index in [4.69, 9.17) is 0 Å². The van der Waals surface area contributed by atoms with Gasteiger partial charge in [-0.25, -0.2) is 9.18 Å². The first-order valence-corrected chi connectivity index (χ1v) is 7.67. The van der Waals surface area contributed by atoms with E-state index in [0.717, 1.165) is 14.9 Å². The highest BCUT2D eigenvalue weighted by Gasteiger charge is 2.33. The van der Waals surface area contributed by atoms with Crippen molar-refractivity contribution in [1.29, 1.82) is 0 Å². The summed E-state index contributed by atoms with van der Waals surface area (Å²) in [7, 11) is 0. The van der Waals surface area contributed by atoms with Crippen molar-refractivity contribution in [3.63, 3.8) is 0 Å². The van der Waals surface area contributed by atoms with Crippen molar-refractivity contribution in [3.8, 4) is 0 Å². The van der Waals surface area contributed by atoms with Gasteiger partial charge in [0.2, 0.25) is 0 Å². The van der Waals surface area contributed by atoms with Gasteiger partial charge in [0.15, 0.2) is 0 Å². The maximum Gasteiger partial charge on any atom is 0.329 e. The number of rotatable bonds is 3. The normalized spacial score (nSPS) is 16.1. The Kier molecular flexibility index (Phi) is 4.25. The number of amides is 3. The molecule has 1 N–H and O–H groups in total. The maximum atomic E-state index is 13.7. The fraction of sp³-hybridized carbons (Fsp3) is 0.0588. The lowest BCUT2D eigenvalue weighted by molar-refractivity contribution is -0.123. The zero-order valence-corrected chi connectivity index (χ0v) is 13.5. The third-order valence-corrected chi connectivity index (χ3v) is 3.95. The highest BCUT2D eigenvalue weighted by Crippen LogP contribution is 2.19. The van der Waals surface area contributed by atoms with Gasteiger partial charge >= 0.3 is 6.03 Å². The number of hydrogen-bond acceptors (Lipinski definition) is 2. The van der Waals surface area contributed by atoms with Crippen LogP contribution in [0.1, 0.15) is 11.1 Å². The number of benzene rings is 2. The van der Waals surface area contributed by atoms with Crippen LogP contribution in [0.15, 0.2) is 58.7 Å². The topological polar surface area (TPSA) is 49.4 Å². The van der Waals surface area contributed by atoms with Gasteiger partial charge in [0.05, 0.1) is 6.54 Å². The smallest absolute Gasteiger partial charge is 0.303 e. The molecule has 23 heavy (non-hydrogen) atoms. The highest BCUT2D eigenvalue weighted by molar-refractivity contribution is 9.10. The largest absolute Gasteiger partial charge is 0.329 e. The molecule has 0 unspecified atom stereocenters. The molecule has 6 heteroatoms. The number of imide groups is 1. The SMILES string of the molecule is O=C1NC(=Cc2ccccc2F)C(=O)N1Cc1ccc(Br)cc1. The van der Waals surface area contributed by atoms with Gasteiger partial charge in [-0.3, -0.25) is 9.69 Å². The van der Waals surface area contributed by atoms with Crippen LogP contribution in [-0.2, 0) is 11.3 Å². The van der Waals surface area contributed by atoms with Crippen LogP contribution in [0.25, 0.3) is 6.08 Å².